The minimum Gasteiger partial charge on any atom is -0.489 e. The van der Waals surface area contributed by atoms with Crippen LogP contribution in [-0.4, -0.2) is 48.5 Å². The second-order valence-electron chi connectivity index (χ2n) is 8.32. The van der Waals surface area contributed by atoms with Crippen molar-refractivity contribution >= 4 is 32.2 Å². The summed E-state index contributed by atoms with van der Waals surface area (Å²) in [5, 5.41) is 7.43. The van der Waals surface area contributed by atoms with Crippen LogP contribution in [0.4, 0.5) is 11.5 Å². The van der Waals surface area contributed by atoms with Crippen LogP contribution < -0.4 is 15.4 Å². The molecular weight excluding hydrogens is 462 g/mol. The third kappa shape index (κ3) is 7.73. The van der Waals surface area contributed by atoms with E-state index >= 15 is 0 Å². The van der Waals surface area contributed by atoms with E-state index in [2.05, 4.69) is 25.6 Å². The Kier molecular flexibility index (Phi) is 8.23. The summed E-state index contributed by atoms with van der Waals surface area (Å²) in [6.45, 7) is 1.71. The lowest BCUT2D eigenvalue weighted by Crippen LogP contribution is -2.23. The molecule has 2 aromatic heterocycles. The van der Waals surface area contributed by atoms with Crippen LogP contribution in [-0.2, 0) is 22.9 Å². The number of anilines is 2. The molecule has 0 aliphatic carbocycles. The van der Waals surface area contributed by atoms with Gasteiger partial charge in [-0.25, -0.2) is 18.4 Å². The van der Waals surface area contributed by atoms with Crippen LogP contribution in [0.25, 0.3) is 10.9 Å². The molecule has 182 valence electrons. The number of rotatable bonds is 12. The minimum atomic E-state index is -2.94. The number of ether oxygens (including phenoxy) is 1. The van der Waals surface area contributed by atoms with Crippen LogP contribution in [0.5, 0.6) is 5.75 Å². The minimum absolute atomic E-state index is 0.147. The third-order valence-electron chi connectivity index (χ3n) is 5.38. The molecule has 0 aliphatic rings. The highest BCUT2D eigenvalue weighted by Gasteiger charge is 2.07. The van der Waals surface area contributed by atoms with Gasteiger partial charge in [-0.05, 0) is 55.3 Å². The van der Waals surface area contributed by atoms with Crippen molar-refractivity contribution in [2.45, 2.75) is 19.4 Å². The van der Waals surface area contributed by atoms with Gasteiger partial charge in [0.2, 0.25) is 0 Å². The molecule has 4 aromatic rings. The average molecular weight is 492 g/mol. The van der Waals surface area contributed by atoms with Gasteiger partial charge < -0.3 is 15.4 Å². The first-order valence-electron chi connectivity index (χ1n) is 11.5. The predicted molar refractivity (Wildman–Crippen MR) is 139 cm³/mol. The summed E-state index contributed by atoms with van der Waals surface area (Å²) in [7, 11) is -2.94. The Hall–Kier alpha value is -3.56. The monoisotopic (exact) mass is 491 g/mol. The number of sulfone groups is 1. The normalized spacial score (nSPS) is 11.5. The Balaban J connectivity index is 1.35. The Morgan fingerprint density at radius 1 is 0.943 bits per heavy atom. The highest BCUT2D eigenvalue weighted by molar-refractivity contribution is 7.90. The van der Waals surface area contributed by atoms with Gasteiger partial charge in [-0.1, -0.05) is 30.3 Å². The number of pyridine rings is 1. The predicted octanol–water partition coefficient (Wildman–Crippen LogP) is 3.91. The van der Waals surface area contributed by atoms with Crippen LogP contribution in [0.1, 0.15) is 17.7 Å². The molecule has 4 rings (SSSR count). The largest absolute Gasteiger partial charge is 0.489 e. The third-order valence-corrected chi connectivity index (χ3v) is 6.33. The molecule has 0 saturated heterocycles. The molecule has 0 amide bonds. The molecule has 0 bridgehead atoms. The Morgan fingerprint density at radius 3 is 2.51 bits per heavy atom. The van der Waals surface area contributed by atoms with E-state index in [1.165, 1.54) is 12.6 Å². The highest BCUT2D eigenvalue weighted by atomic mass is 32.2. The van der Waals surface area contributed by atoms with E-state index in [0.29, 0.717) is 19.0 Å². The summed E-state index contributed by atoms with van der Waals surface area (Å²) in [6.07, 6.45) is 6.15. The zero-order chi connectivity index (χ0) is 24.5. The standard InChI is InChI=1S/C26H29N5O3S/c1-35(32,33)15-14-27-13-5-8-22-16-24-25(17-28-22)29-19-30-26(24)31-21-9-11-23(12-10-21)34-18-20-6-3-2-4-7-20/h2-4,6-7,9-12,16-17,19,27H,5,8,13-15,18H2,1H3,(H,29,30,31). The van der Waals surface area contributed by atoms with Crippen molar-refractivity contribution in [2.75, 3.05) is 30.4 Å². The van der Waals surface area contributed by atoms with Crippen LogP contribution in [0.3, 0.4) is 0 Å². The van der Waals surface area contributed by atoms with E-state index in [4.69, 9.17) is 4.74 Å². The lowest BCUT2D eigenvalue weighted by molar-refractivity contribution is 0.306. The van der Waals surface area contributed by atoms with Crippen LogP contribution in [0, 0.1) is 0 Å². The molecule has 2 aromatic carbocycles. The molecule has 0 atom stereocenters. The average Bonchev–Trinajstić information content (AvgIpc) is 2.86. The molecule has 0 aliphatic heterocycles. The molecular formula is C26H29N5O3S. The second kappa shape index (κ2) is 11.7. The van der Waals surface area contributed by atoms with E-state index in [1.807, 2.05) is 60.7 Å². The number of hydrogen-bond donors (Lipinski definition) is 2. The maximum absolute atomic E-state index is 11.2. The van der Waals surface area contributed by atoms with Crippen LogP contribution >= 0.6 is 0 Å². The number of nitrogens with one attached hydrogen (secondary N) is 2. The van der Waals surface area contributed by atoms with Crippen LogP contribution in [0.2, 0.25) is 0 Å². The maximum Gasteiger partial charge on any atom is 0.148 e. The first-order valence-corrected chi connectivity index (χ1v) is 13.5. The molecule has 0 radical (unpaired) electrons. The van der Waals surface area contributed by atoms with E-state index < -0.39 is 9.84 Å². The molecule has 0 unspecified atom stereocenters. The summed E-state index contributed by atoms with van der Waals surface area (Å²) in [6, 6.07) is 19.8. The number of hydrogen-bond acceptors (Lipinski definition) is 8. The maximum atomic E-state index is 11.2. The smallest absolute Gasteiger partial charge is 0.148 e. The van der Waals surface area contributed by atoms with Crippen molar-refractivity contribution in [1.82, 2.24) is 20.3 Å². The SMILES string of the molecule is CS(=O)(=O)CCNCCCc1cc2c(Nc3ccc(OCc4ccccc4)cc3)ncnc2cn1. The number of nitrogens with zero attached hydrogens (tertiary/aromatic N) is 3. The van der Waals surface area contributed by atoms with Gasteiger partial charge in [0.05, 0.1) is 17.5 Å². The molecule has 2 N–H and O–H groups in total. The van der Waals surface area contributed by atoms with Crippen molar-refractivity contribution in [2.24, 2.45) is 0 Å². The molecule has 0 spiro atoms. The second-order valence-corrected chi connectivity index (χ2v) is 10.6. The molecule has 35 heavy (non-hydrogen) atoms. The highest BCUT2D eigenvalue weighted by Crippen LogP contribution is 2.25. The number of aromatic nitrogens is 3. The van der Waals surface area contributed by atoms with Gasteiger partial charge >= 0.3 is 0 Å². The summed E-state index contributed by atoms with van der Waals surface area (Å²) in [4.78, 5) is 13.3. The van der Waals surface area contributed by atoms with Crippen molar-refractivity contribution in [1.29, 1.82) is 0 Å². The van der Waals surface area contributed by atoms with Gasteiger partial charge in [0, 0.05) is 29.6 Å². The van der Waals surface area contributed by atoms with E-state index in [1.54, 1.807) is 6.20 Å². The van der Waals surface area contributed by atoms with Crippen molar-refractivity contribution < 1.29 is 13.2 Å². The summed E-state index contributed by atoms with van der Waals surface area (Å²) < 4.78 is 28.3. The van der Waals surface area contributed by atoms with Gasteiger partial charge in [0.15, 0.2) is 0 Å². The fraction of sp³-hybridized carbons (Fsp3) is 0.269. The van der Waals surface area contributed by atoms with E-state index in [-0.39, 0.29) is 5.75 Å². The Morgan fingerprint density at radius 2 is 1.74 bits per heavy atom. The van der Waals surface area contributed by atoms with Gasteiger partial charge in [-0.15, -0.1) is 0 Å². The number of benzene rings is 2. The quantitative estimate of drug-likeness (QED) is 0.287. The first-order chi connectivity index (χ1) is 17.0. The molecule has 8 nitrogen and oxygen atoms in total. The summed E-state index contributed by atoms with van der Waals surface area (Å²) >= 11 is 0. The summed E-state index contributed by atoms with van der Waals surface area (Å²) in [5.74, 6) is 1.65. The number of aryl methyl sites for hydroxylation is 1. The lowest BCUT2D eigenvalue weighted by Gasteiger charge is -2.11. The summed E-state index contributed by atoms with van der Waals surface area (Å²) in [5.41, 5.74) is 3.71. The molecule has 9 heteroatoms. The van der Waals surface area contributed by atoms with Crippen LogP contribution in [0.15, 0.2) is 73.2 Å². The fourth-order valence-electron chi connectivity index (χ4n) is 3.53. The number of fused-ring (bicyclic) bond motifs is 1. The molecule has 0 saturated carbocycles. The van der Waals surface area contributed by atoms with Gasteiger partial charge in [-0.2, -0.15) is 0 Å². The van der Waals surface area contributed by atoms with Gasteiger partial charge in [0.25, 0.3) is 0 Å². The van der Waals surface area contributed by atoms with Crippen molar-refractivity contribution in [3.05, 3.63) is 84.4 Å². The first kappa shape index (κ1) is 24.6. The van der Waals surface area contributed by atoms with Gasteiger partial charge in [0.1, 0.15) is 34.3 Å². The van der Waals surface area contributed by atoms with E-state index in [0.717, 1.165) is 53.0 Å². The topological polar surface area (TPSA) is 106 Å². The molecule has 0 fully saturated rings. The van der Waals surface area contributed by atoms with Gasteiger partial charge in [-0.3, -0.25) is 4.98 Å². The van der Waals surface area contributed by atoms with Crippen molar-refractivity contribution in [3.63, 3.8) is 0 Å². The van der Waals surface area contributed by atoms with Crippen molar-refractivity contribution in [3.8, 4) is 5.75 Å². The molecule has 2 heterocycles. The Labute approximate surface area is 205 Å². The fourth-order valence-corrected chi connectivity index (χ4v) is 4.04. The zero-order valence-corrected chi connectivity index (χ0v) is 20.5. The Bertz CT molecular complexity index is 1350. The lowest BCUT2D eigenvalue weighted by atomic mass is 10.1. The zero-order valence-electron chi connectivity index (χ0n) is 19.6. The van der Waals surface area contributed by atoms with E-state index in [9.17, 15) is 8.42 Å².